The van der Waals surface area contributed by atoms with Gasteiger partial charge in [-0.05, 0) is 126 Å². The Morgan fingerprint density at radius 2 is 1.10 bits per heavy atom. The number of hydrogen-bond donors (Lipinski definition) is 0. The first-order chi connectivity index (χ1) is 33.0. The lowest BCUT2D eigenvalue weighted by Crippen LogP contribution is -2.78. The van der Waals surface area contributed by atoms with E-state index in [-0.39, 0.29) is 21.7 Å². The van der Waals surface area contributed by atoms with Gasteiger partial charge in [0.2, 0.25) is 5.69 Å². The normalized spacial score (nSPS) is 16.7. The van der Waals surface area contributed by atoms with Gasteiger partial charge in [0.1, 0.15) is 16.8 Å². The van der Waals surface area contributed by atoms with Crippen molar-refractivity contribution in [2.24, 2.45) is 0 Å². The maximum Gasteiger partial charge on any atom is 0.499 e. The number of benzene rings is 6. The third kappa shape index (κ3) is 6.67. The molecule has 0 saturated heterocycles. The monoisotopic (exact) mass is 912 g/mol. The van der Waals surface area contributed by atoms with Gasteiger partial charge in [0, 0.05) is 31.6 Å². The fourth-order valence-electron chi connectivity index (χ4n) is 11.4. The van der Waals surface area contributed by atoms with E-state index in [0.29, 0.717) is 0 Å². The molecule has 2 aromatic heterocycles. The molecule has 3 aliphatic rings. The molecule has 0 saturated carbocycles. The summed E-state index contributed by atoms with van der Waals surface area (Å²) in [6.07, 6.45) is 2.29. The maximum absolute atomic E-state index is 9.25. The summed E-state index contributed by atoms with van der Waals surface area (Å²) in [6, 6.07) is 45.4. The summed E-state index contributed by atoms with van der Waals surface area (Å²) in [5.74, 6) is -0.871. The average Bonchev–Trinajstić information content (AvgIpc) is 3.78. The number of para-hydroxylation sites is 1. The molecule has 5 heterocycles. The van der Waals surface area contributed by atoms with Gasteiger partial charge in [0.05, 0.1) is 5.56 Å². The molecular formula is C65H71N3O+2. The van der Waals surface area contributed by atoms with Crippen molar-refractivity contribution in [3.8, 4) is 67.5 Å². The Hall–Kier alpha value is -6.26. The van der Waals surface area contributed by atoms with Crippen molar-refractivity contribution in [3.05, 3.63) is 166 Å². The standard InChI is InChI=1S/C65H71N3O/c1-38(2)47-19-17-20-48(39(3)4)56(47)41-25-29-46(30-26-41)67-54-22-18-21-49-50-34-44(62(8,9)10)35-51-55-33-42(40-23-27-43(28-24-40)61(5,6)7)31-32-66(55)65(57(50)51)68(58(49)54)60(67)52-36-45(63(11,12)13)37-53(59(52)69-65)64(14,15)16/h17-39H,1-16H3/q+2/i38D,39D. The SMILES string of the molecule is [2H]C(C)(C)c1cccc(C([2H])(C)C)c1-c1ccc(-n2c3[n+]4c5c(cccc52)-c2cc(C(C)(C)C)cc5c2C4(Oc2c-3cc(C(C)(C)C)cc2C(C)(C)C)[n+]2ccc(-c3ccc(C(C)(C)C)cc3)cc2-5)cc1. The Kier molecular flexibility index (Phi) is 9.23. The summed E-state index contributed by atoms with van der Waals surface area (Å²) < 4.78 is 34.1. The van der Waals surface area contributed by atoms with Gasteiger partial charge in [-0.2, -0.15) is 4.57 Å². The van der Waals surface area contributed by atoms with Crippen molar-refractivity contribution < 1.29 is 16.6 Å². The second kappa shape index (κ2) is 14.9. The third-order valence-electron chi connectivity index (χ3n) is 15.3. The van der Waals surface area contributed by atoms with E-state index in [0.717, 1.165) is 67.4 Å². The highest BCUT2D eigenvalue weighted by molar-refractivity contribution is 5.98. The van der Waals surface area contributed by atoms with Gasteiger partial charge in [-0.3, -0.25) is 0 Å². The predicted octanol–water partition coefficient (Wildman–Crippen LogP) is 16.2. The highest BCUT2D eigenvalue weighted by Gasteiger charge is 2.69. The van der Waals surface area contributed by atoms with E-state index < -0.39 is 17.6 Å². The summed E-state index contributed by atoms with van der Waals surface area (Å²) in [4.78, 5) is 0. The zero-order valence-corrected chi connectivity index (χ0v) is 43.9. The van der Waals surface area contributed by atoms with E-state index >= 15 is 0 Å². The van der Waals surface area contributed by atoms with Gasteiger partial charge < -0.3 is 4.74 Å². The van der Waals surface area contributed by atoms with Gasteiger partial charge in [-0.1, -0.05) is 178 Å². The number of rotatable bonds is 5. The van der Waals surface area contributed by atoms with Crippen molar-refractivity contribution in [2.75, 3.05) is 0 Å². The van der Waals surface area contributed by atoms with E-state index in [2.05, 4.69) is 218 Å². The van der Waals surface area contributed by atoms with Crippen LogP contribution in [-0.4, -0.2) is 4.57 Å². The molecule has 4 nitrogen and oxygen atoms in total. The summed E-state index contributed by atoms with van der Waals surface area (Å²) in [6.45, 7) is 35.4. The number of imidazole rings is 1. The minimum absolute atomic E-state index is 0.0578. The maximum atomic E-state index is 9.25. The van der Waals surface area contributed by atoms with Crippen LogP contribution in [0.4, 0.5) is 0 Å². The number of aromatic nitrogens is 3. The molecule has 3 aliphatic heterocycles. The van der Waals surface area contributed by atoms with E-state index in [1.165, 1.54) is 50.1 Å². The fourth-order valence-corrected chi connectivity index (χ4v) is 11.4. The molecule has 1 spiro atoms. The number of nitrogens with zero attached hydrogens (tertiary/aromatic N) is 3. The average molecular weight is 912 g/mol. The molecule has 350 valence electrons. The van der Waals surface area contributed by atoms with Crippen LogP contribution >= 0.6 is 0 Å². The molecule has 69 heavy (non-hydrogen) atoms. The van der Waals surface area contributed by atoms with Crippen molar-refractivity contribution >= 4 is 11.0 Å². The first-order valence-electron chi connectivity index (χ1n) is 26.1. The highest BCUT2D eigenvalue weighted by Crippen LogP contribution is 2.56. The minimum Gasteiger partial charge on any atom is -0.392 e. The van der Waals surface area contributed by atoms with E-state index in [1.54, 1.807) is 0 Å². The van der Waals surface area contributed by atoms with Crippen molar-refractivity contribution in [2.45, 2.75) is 150 Å². The van der Waals surface area contributed by atoms with Crippen LogP contribution < -0.4 is 13.9 Å². The molecule has 1 atom stereocenters. The Morgan fingerprint density at radius 3 is 1.70 bits per heavy atom. The lowest BCUT2D eigenvalue weighted by molar-refractivity contribution is -0.997. The van der Waals surface area contributed by atoms with Gasteiger partial charge in [-0.25, -0.2) is 0 Å². The van der Waals surface area contributed by atoms with Crippen LogP contribution in [0.25, 0.3) is 72.7 Å². The molecule has 11 rings (SSSR count). The number of fused-ring (bicyclic) bond motifs is 5. The van der Waals surface area contributed by atoms with Crippen LogP contribution in [0.2, 0.25) is 0 Å². The van der Waals surface area contributed by atoms with Crippen LogP contribution in [0.3, 0.4) is 0 Å². The zero-order valence-electron chi connectivity index (χ0n) is 45.9. The van der Waals surface area contributed by atoms with E-state index in [4.69, 9.17) is 4.74 Å². The highest BCUT2D eigenvalue weighted by atomic mass is 16.5. The smallest absolute Gasteiger partial charge is 0.392 e. The zero-order chi connectivity index (χ0) is 50.9. The van der Waals surface area contributed by atoms with Gasteiger partial charge in [-0.15, -0.1) is 9.13 Å². The minimum atomic E-state index is -1.11. The molecule has 0 N–H and O–H groups in total. The lowest BCUT2D eigenvalue weighted by atomic mass is 9.78. The molecule has 0 fully saturated rings. The molecule has 1 unspecified atom stereocenters. The second-order valence-corrected chi connectivity index (χ2v) is 24.7. The third-order valence-corrected chi connectivity index (χ3v) is 15.3. The summed E-state index contributed by atoms with van der Waals surface area (Å²) in [5, 5.41) is 0. The summed E-state index contributed by atoms with van der Waals surface area (Å²) in [7, 11) is 0. The van der Waals surface area contributed by atoms with E-state index in [9.17, 15) is 2.74 Å². The lowest BCUT2D eigenvalue weighted by Gasteiger charge is -2.36. The molecule has 0 bridgehead atoms. The van der Waals surface area contributed by atoms with Crippen molar-refractivity contribution in [1.29, 1.82) is 0 Å². The first kappa shape index (κ1) is 42.8. The number of hydrogen-bond acceptors (Lipinski definition) is 1. The van der Waals surface area contributed by atoms with Gasteiger partial charge in [0.15, 0.2) is 23.0 Å². The first-order valence-corrected chi connectivity index (χ1v) is 25.1. The molecule has 0 aliphatic carbocycles. The van der Waals surface area contributed by atoms with Crippen LogP contribution in [0.1, 0.15) is 164 Å². The Morgan fingerprint density at radius 1 is 0.536 bits per heavy atom. The van der Waals surface area contributed by atoms with E-state index in [1.807, 2.05) is 33.8 Å². The van der Waals surface area contributed by atoms with Crippen LogP contribution in [0.5, 0.6) is 5.75 Å². The van der Waals surface area contributed by atoms with Crippen LogP contribution in [-0.2, 0) is 27.5 Å². The molecule has 0 amide bonds. The summed E-state index contributed by atoms with van der Waals surface area (Å²) in [5.41, 5.74) is 20.9. The molecule has 6 aromatic carbocycles. The number of ether oxygens (including phenoxy) is 1. The van der Waals surface area contributed by atoms with Gasteiger partial charge >= 0.3 is 11.7 Å². The van der Waals surface area contributed by atoms with Crippen molar-refractivity contribution in [3.63, 3.8) is 0 Å². The second-order valence-electron chi connectivity index (χ2n) is 24.7. The van der Waals surface area contributed by atoms with Gasteiger partial charge in [0.25, 0.3) is 0 Å². The molecule has 0 radical (unpaired) electrons. The molecular weight excluding hydrogens is 839 g/mol. The Labute approximate surface area is 414 Å². The predicted molar refractivity (Wildman–Crippen MR) is 287 cm³/mol. The summed E-state index contributed by atoms with van der Waals surface area (Å²) >= 11 is 0. The van der Waals surface area contributed by atoms with Crippen LogP contribution in [0.15, 0.2) is 128 Å². The van der Waals surface area contributed by atoms with Crippen molar-refractivity contribution in [1.82, 2.24) is 4.57 Å². The molecule has 8 aromatic rings. The van der Waals surface area contributed by atoms with Crippen LogP contribution in [0, 0.1) is 0 Å². The largest absolute Gasteiger partial charge is 0.499 e. The Bertz CT molecular complexity index is 3500. The topological polar surface area (TPSA) is 21.9 Å². The molecule has 4 heteroatoms. The fraction of sp³-hybridized carbons (Fsp3) is 0.354. The number of pyridine rings is 1. The quantitative estimate of drug-likeness (QED) is 0.158. The Balaban J connectivity index is 1.27.